The molecular weight excluding hydrogens is 340 g/mol. The van der Waals surface area contributed by atoms with Crippen LogP contribution in [0.2, 0.25) is 0 Å². The first-order valence-electron chi connectivity index (χ1n) is 8.42. The molecule has 0 aliphatic carbocycles. The third kappa shape index (κ3) is 4.11. The highest BCUT2D eigenvalue weighted by Gasteiger charge is 2.22. The molecule has 1 N–H and O–H groups in total. The van der Waals surface area contributed by atoms with E-state index in [4.69, 9.17) is 9.47 Å². The number of morpholine rings is 1. The van der Waals surface area contributed by atoms with Crippen molar-refractivity contribution < 1.29 is 19.1 Å². The molecule has 7 heteroatoms. The van der Waals surface area contributed by atoms with Crippen molar-refractivity contribution >= 4 is 39.0 Å². The Hall–Kier alpha value is -2.12. The maximum atomic E-state index is 12.5. The Kier molecular flexibility index (Phi) is 5.55. The Morgan fingerprint density at radius 1 is 1.32 bits per heavy atom. The molecule has 1 aliphatic rings. The molecule has 1 aromatic heterocycles. The van der Waals surface area contributed by atoms with Gasteiger partial charge in [-0.2, -0.15) is 0 Å². The number of fused-ring (bicyclic) bond motifs is 1. The molecule has 2 heterocycles. The molecule has 1 amide bonds. The molecule has 25 heavy (non-hydrogen) atoms. The average Bonchev–Trinajstić information content (AvgIpc) is 3.05. The summed E-state index contributed by atoms with van der Waals surface area (Å²) < 4.78 is 11.3. The smallest absolute Gasteiger partial charge is 0.348 e. The second-order valence-corrected chi connectivity index (χ2v) is 6.97. The SMILES string of the molecule is CCOC(=O)c1cc2cc(NC(C)C(=O)N3CCOCC3)ccc2s1. The minimum absolute atomic E-state index is 0.0703. The fourth-order valence-corrected chi connectivity index (χ4v) is 3.74. The van der Waals surface area contributed by atoms with E-state index < -0.39 is 0 Å². The van der Waals surface area contributed by atoms with Crippen LogP contribution in [0.4, 0.5) is 5.69 Å². The van der Waals surface area contributed by atoms with Crippen LogP contribution < -0.4 is 5.32 Å². The number of carbonyl (C=O) groups excluding carboxylic acids is 2. The van der Waals surface area contributed by atoms with Crippen LogP contribution in [-0.2, 0) is 14.3 Å². The molecule has 0 saturated carbocycles. The molecule has 0 spiro atoms. The van der Waals surface area contributed by atoms with Gasteiger partial charge in [-0.1, -0.05) is 0 Å². The van der Waals surface area contributed by atoms with Gasteiger partial charge in [0.25, 0.3) is 0 Å². The van der Waals surface area contributed by atoms with Crippen molar-refractivity contribution in [1.29, 1.82) is 0 Å². The highest BCUT2D eigenvalue weighted by atomic mass is 32.1. The first-order chi connectivity index (χ1) is 12.1. The number of thiophene rings is 1. The van der Waals surface area contributed by atoms with Crippen LogP contribution in [0.25, 0.3) is 10.1 Å². The second kappa shape index (κ2) is 7.84. The van der Waals surface area contributed by atoms with Gasteiger partial charge in [-0.05, 0) is 43.5 Å². The van der Waals surface area contributed by atoms with Gasteiger partial charge in [0, 0.05) is 23.5 Å². The van der Waals surface area contributed by atoms with Crippen molar-refractivity contribution in [2.24, 2.45) is 0 Å². The summed E-state index contributed by atoms with van der Waals surface area (Å²) in [6.07, 6.45) is 0. The summed E-state index contributed by atoms with van der Waals surface area (Å²) in [5.41, 5.74) is 0.856. The van der Waals surface area contributed by atoms with E-state index in [2.05, 4.69) is 5.32 Å². The van der Waals surface area contributed by atoms with Crippen molar-refractivity contribution in [2.75, 3.05) is 38.2 Å². The molecule has 1 aliphatic heterocycles. The molecule has 1 atom stereocenters. The van der Waals surface area contributed by atoms with Gasteiger partial charge >= 0.3 is 5.97 Å². The first kappa shape index (κ1) is 17.7. The molecule has 0 radical (unpaired) electrons. The number of hydrogen-bond acceptors (Lipinski definition) is 6. The number of rotatable bonds is 5. The zero-order valence-corrected chi connectivity index (χ0v) is 15.2. The van der Waals surface area contributed by atoms with Crippen LogP contribution in [0.5, 0.6) is 0 Å². The fourth-order valence-electron chi connectivity index (χ4n) is 2.81. The molecule has 2 aromatic rings. The molecule has 134 valence electrons. The molecule has 1 fully saturated rings. The van der Waals surface area contributed by atoms with E-state index in [1.807, 2.05) is 36.1 Å². The van der Waals surface area contributed by atoms with Crippen molar-refractivity contribution in [3.8, 4) is 0 Å². The predicted molar refractivity (Wildman–Crippen MR) is 98.3 cm³/mol. The van der Waals surface area contributed by atoms with Crippen LogP contribution in [0.1, 0.15) is 23.5 Å². The maximum absolute atomic E-state index is 12.5. The fraction of sp³-hybridized carbons (Fsp3) is 0.444. The number of hydrogen-bond donors (Lipinski definition) is 1. The number of anilines is 1. The summed E-state index contributed by atoms with van der Waals surface area (Å²) in [6.45, 7) is 6.47. The highest BCUT2D eigenvalue weighted by Crippen LogP contribution is 2.29. The molecule has 1 unspecified atom stereocenters. The summed E-state index contributed by atoms with van der Waals surface area (Å²) in [5, 5.41) is 4.21. The van der Waals surface area contributed by atoms with E-state index in [1.54, 1.807) is 6.92 Å². The third-order valence-electron chi connectivity index (χ3n) is 4.07. The van der Waals surface area contributed by atoms with Crippen LogP contribution in [0, 0.1) is 0 Å². The van der Waals surface area contributed by atoms with Crippen LogP contribution >= 0.6 is 11.3 Å². The van der Waals surface area contributed by atoms with Crippen LogP contribution in [0.15, 0.2) is 24.3 Å². The number of nitrogens with zero attached hydrogens (tertiary/aromatic N) is 1. The van der Waals surface area contributed by atoms with Crippen molar-refractivity contribution in [3.63, 3.8) is 0 Å². The van der Waals surface area contributed by atoms with Gasteiger partial charge in [-0.25, -0.2) is 4.79 Å². The first-order valence-corrected chi connectivity index (χ1v) is 9.24. The average molecular weight is 362 g/mol. The lowest BCUT2D eigenvalue weighted by Gasteiger charge is -2.29. The summed E-state index contributed by atoms with van der Waals surface area (Å²) >= 11 is 1.41. The minimum atomic E-state index is -0.321. The van der Waals surface area contributed by atoms with E-state index in [1.165, 1.54) is 11.3 Å². The zero-order chi connectivity index (χ0) is 17.8. The Balaban J connectivity index is 1.70. The summed E-state index contributed by atoms with van der Waals surface area (Å²) in [6, 6.07) is 7.35. The van der Waals surface area contributed by atoms with Crippen LogP contribution in [-0.4, -0.2) is 55.7 Å². The van der Waals surface area contributed by atoms with E-state index in [-0.39, 0.29) is 17.9 Å². The standard InChI is InChI=1S/C18H22N2O4S/c1-3-24-18(22)16-11-13-10-14(4-5-15(13)25-16)19-12(2)17(21)20-6-8-23-9-7-20/h4-5,10-12,19H,3,6-9H2,1-2H3. The van der Waals surface area contributed by atoms with Gasteiger partial charge in [0.05, 0.1) is 19.8 Å². The van der Waals surface area contributed by atoms with E-state index in [0.717, 1.165) is 15.8 Å². The lowest BCUT2D eigenvalue weighted by molar-refractivity contribution is -0.135. The summed E-state index contributed by atoms with van der Waals surface area (Å²) in [4.78, 5) is 26.7. The minimum Gasteiger partial charge on any atom is -0.462 e. The molecular formula is C18H22N2O4S. The summed E-state index contributed by atoms with van der Waals surface area (Å²) in [7, 11) is 0. The van der Waals surface area contributed by atoms with Gasteiger partial charge in [0.1, 0.15) is 10.9 Å². The van der Waals surface area contributed by atoms with Gasteiger partial charge in [-0.15, -0.1) is 11.3 Å². The van der Waals surface area contributed by atoms with Crippen molar-refractivity contribution in [1.82, 2.24) is 4.90 Å². The lowest BCUT2D eigenvalue weighted by Crippen LogP contribution is -2.46. The number of benzene rings is 1. The Bertz CT molecular complexity index is 768. The topological polar surface area (TPSA) is 67.9 Å². The Labute approximate surface area is 150 Å². The number of esters is 1. The zero-order valence-electron chi connectivity index (χ0n) is 14.4. The number of ether oxygens (including phenoxy) is 2. The van der Waals surface area contributed by atoms with E-state index >= 15 is 0 Å². The molecule has 0 bridgehead atoms. The largest absolute Gasteiger partial charge is 0.462 e. The van der Waals surface area contributed by atoms with Gasteiger partial charge in [0.2, 0.25) is 5.91 Å². The normalized spacial score (nSPS) is 15.8. The van der Waals surface area contributed by atoms with E-state index in [9.17, 15) is 9.59 Å². The highest BCUT2D eigenvalue weighted by molar-refractivity contribution is 7.20. The summed E-state index contributed by atoms with van der Waals surface area (Å²) in [5.74, 6) is -0.227. The number of carbonyl (C=O) groups is 2. The number of nitrogens with one attached hydrogen (secondary N) is 1. The van der Waals surface area contributed by atoms with Gasteiger partial charge in [0.15, 0.2) is 0 Å². The Morgan fingerprint density at radius 3 is 2.80 bits per heavy atom. The molecule has 1 aromatic carbocycles. The van der Waals surface area contributed by atoms with Gasteiger partial charge < -0.3 is 19.7 Å². The van der Waals surface area contributed by atoms with Crippen molar-refractivity contribution in [3.05, 3.63) is 29.1 Å². The molecule has 1 saturated heterocycles. The third-order valence-corrected chi connectivity index (χ3v) is 5.17. The lowest BCUT2D eigenvalue weighted by atomic mass is 10.2. The van der Waals surface area contributed by atoms with Crippen molar-refractivity contribution in [2.45, 2.75) is 19.9 Å². The predicted octanol–water partition coefficient (Wildman–Crippen LogP) is 2.74. The molecule has 3 rings (SSSR count). The maximum Gasteiger partial charge on any atom is 0.348 e. The van der Waals surface area contributed by atoms with Gasteiger partial charge in [-0.3, -0.25) is 4.79 Å². The quantitative estimate of drug-likeness (QED) is 0.829. The number of amides is 1. The second-order valence-electron chi connectivity index (χ2n) is 5.89. The van der Waals surface area contributed by atoms with E-state index in [0.29, 0.717) is 37.8 Å². The van der Waals surface area contributed by atoms with Crippen LogP contribution in [0.3, 0.4) is 0 Å². The molecule has 6 nitrogen and oxygen atoms in total. The monoisotopic (exact) mass is 362 g/mol. The Morgan fingerprint density at radius 2 is 2.08 bits per heavy atom.